The number of nitrogens with one attached hydrogen (secondary N) is 1. The molecular formula is C17H23N3O. The van der Waals surface area contributed by atoms with Gasteiger partial charge in [0, 0.05) is 24.6 Å². The van der Waals surface area contributed by atoms with Crippen LogP contribution in [0.2, 0.25) is 0 Å². The van der Waals surface area contributed by atoms with Crippen LogP contribution in [0.3, 0.4) is 0 Å². The summed E-state index contributed by atoms with van der Waals surface area (Å²) in [5.41, 5.74) is 1.99. The van der Waals surface area contributed by atoms with E-state index in [2.05, 4.69) is 35.2 Å². The molecule has 4 heteroatoms. The van der Waals surface area contributed by atoms with Gasteiger partial charge in [-0.15, -0.1) is 0 Å². The molecular weight excluding hydrogens is 262 g/mol. The molecule has 0 bridgehead atoms. The van der Waals surface area contributed by atoms with Crippen molar-refractivity contribution in [2.75, 3.05) is 18.5 Å². The lowest BCUT2D eigenvalue weighted by Crippen LogP contribution is -2.04. The molecule has 0 aliphatic carbocycles. The van der Waals surface area contributed by atoms with Crippen molar-refractivity contribution in [3.63, 3.8) is 0 Å². The molecule has 0 aliphatic rings. The summed E-state index contributed by atoms with van der Waals surface area (Å²) in [4.78, 5) is 9.21. The van der Waals surface area contributed by atoms with Gasteiger partial charge in [0.2, 0.25) is 0 Å². The number of aryl methyl sites for hydroxylation is 1. The normalized spacial score (nSPS) is 10.4. The smallest absolute Gasteiger partial charge is 0.131 e. The predicted molar refractivity (Wildman–Crippen MR) is 86.8 cm³/mol. The van der Waals surface area contributed by atoms with Crippen LogP contribution in [0.1, 0.15) is 33.0 Å². The molecule has 0 saturated heterocycles. The number of benzene rings is 1. The molecule has 1 heterocycles. The second kappa shape index (κ2) is 7.62. The molecule has 1 aromatic heterocycles. The first kappa shape index (κ1) is 15.3. The number of hydrogen-bond donors (Lipinski definition) is 1. The maximum absolute atomic E-state index is 5.56. The first-order valence-electron chi connectivity index (χ1n) is 7.61. The van der Waals surface area contributed by atoms with Crippen LogP contribution in [0.25, 0.3) is 11.3 Å². The molecule has 0 atom stereocenters. The lowest BCUT2D eigenvalue weighted by atomic mass is 10.1. The lowest BCUT2D eigenvalue weighted by Gasteiger charge is -2.10. The van der Waals surface area contributed by atoms with Crippen molar-refractivity contribution < 1.29 is 4.74 Å². The van der Waals surface area contributed by atoms with Crippen molar-refractivity contribution in [3.05, 3.63) is 36.2 Å². The van der Waals surface area contributed by atoms with E-state index < -0.39 is 0 Å². The Morgan fingerprint density at radius 3 is 2.67 bits per heavy atom. The highest BCUT2D eigenvalue weighted by atomic mass is 16.5. The number of ether oxygens (including phenoxy) is 1. The minimum Gasteiger partial charge on any atom is -0.494 e. The quantitative estimate of drug-likeness (QED) is 0.837. The molecule has 0 spiro atoms. The van der Waals surface area contributed by atoms with Gasteiger partial charge in [0.1, 0.15) is 17.4 Å². The van der Waals surface area contributed by atoms with Gasteiger partial charge in [0.15, 0.2) is 0 Å². The van der Waals surface area contributed by atoms with Crippen molar-refractivity contribution in [2.24, 2.45) is 0 Å². The molecule has 0 saturated carbocycles. The van der Waals surface area contributed by atoms with Gasteiger partial charge >= 0.3 is 0 Å². The Kier molecular flexibility index (Phi) is 5.55. The highest BCUT2D eigenvalue weighted by molar-refractivity contribution is 5.64. The molecule has 0 amide bonds. The van der Waals surface area contributed by atoms with E-state index in [0.717, 1.165) is 48.0 Å². The third-order valence-electron chi connectivity index (χ3n) is 3.04. The van der Waals surface area contributed by atoms with Gasteiger partial charge in [-0.1, -0.05) is 19.1 Å². The van der Waals surface area contributed by atoms with Crippen molar-refractivity contribution in [1.82, 2.24) is 9.97 Å². The van der Waals surface area contributed by atoms with E-state index in [1.165, 1.54) is 0 Å². The Bertz CT molecular complexity index is 560. The monoisotopic (exact) mass is 285 g/mol. The SMILES string of the molecule is CCCc1nc(NCC)cc(-c2cccc(OCC)c2)n1. The minimum absolute atomic E-state index is 0.664. The van der Waals surface area contributed by atoms with E-state index in [1.54, 1.807) is 0 Å². The first-order valence-corrected chi connectivity index (χ1v) is 7.61. The fourth-order valence-electron chi connectivity index (χ4n) is 2.16. The summed E-state index contributed by atoms with van der Waals surface area (Å²) in [6.45, 7) is 7.70. The Labute approximate surface area is 126 Å². The Balaban J connectivity index is 2.38. The van der Waals surface area contributed by atoms with Crippen LogP contribution < -0.4 is 10.1 Å². The van der Waals surface area contributed by atoms with E-state index in [1.807, 2.05) is 31.2 Å². The van der Waals surface area contributed by atoms with Gasteiger partial charge in [0.25, 0.3) is 0 Å². The molecule has 21 heavy (non-hydrogen) atoms. The number of rotatable bonds is 7. The molecule has 2 rings (SSSR count). The van der Waals surface area contributed by atoms with Crippen molar-refractivity contribution in [3.8, 4) is 17.0 Å². The van der Waals surface area contributed by atoms with Crippen molar-refractivity contribution >= 4 is 5.82 Å². The number of hydrogen-bond acceptors (Lipinski definition) is 4. The predicted octanol–water partition coefficient (Wildman–Crippen LogP) is 3.93. The number of nitrogens with zero attached hydrogens (tertiary/aromatic N) is 2. The second-order valence-electron chi connectivity index (χ2n) is 4.80. The first-order chi connectivity index (χ1) is 10.3. The van der Waals surface area contributed by atoms with Gasteiger partial charge in [-0.25, -0.2) is 9.97 Å². The maximum atomic E-state index is 5.56. The van der Waals surface area contributed by atoms with Crippen LogP contribution in [0.5, 0.6) is 5.75 Å². The van der Waals surface area contributed by atoms with E-state index in [4.69, 9.17) is 4.74 Å². The zero-order valence-corrected chi connectivity index (χ0v) is 13.0. The van der Waals surface area contributed by atoms with Crippen molar-refractivity contribution in [2.45, 2.75) is 33.6 Å². The zero-order chi connectivity index (χ0) is 15.1. The lowest BCUT2D eigenvalue weighted by molar-refractivity contribution is 0.340. The molecule has 112 valence electrons. The average molecular weight is 285 g/mol. The molecule has 0 unspecified atom stereocenters. The molecule has 1 aromatic carbocycles. The standard InChI is InChI=1S/C17H23N3O/c1-4-8-16-19-15(12-17(20-16)18-5-2)13-9-7-10-14(11-13)21-6-3/h7,9-12H,4-6,8H2,1-3H3,(H,18,19,20). The van der Waals surface area contributed by atoms with Crippen LogP contribution in [0.15, 0.2) is 30.3 Å². The highest BCUT2D eigenvalue weighted by Crippen LogP contribution is 2.24. The minimum atomic E-state index is 0.664. The van der Waals surface area contributed by atoms with E-state index in [9.17, 15) is 0 Å². The van der Waals surface area contributed by atoms with Crippen LogP contribution >= 0.6 is 0 Å². The Hall–Kier alpha value is -2.10. The summed E-state index contributed by atoms with van der Waals surface area (Å²) in [6.07, 6.45) is 1.92. The van der Waals surface area contributed by atoms with Gasteiger partial charge in [0.05, 0.1) is 12.3 Å². The molecule has 0 fully saturated rings. The molecule has 0 radical (unpaired) electrons. The Morgan fingerprint density at radius 1 is 1.10 bits per heavy atom. The number of aromatic nitrogens is 2. The summed E-state index contributed by atoms with van der Waals surface area (Å²) < 4.78 is 5.56. The molecule has 1 N–H and O–H groups in total. The summed E-state index contributed by atoms with van der Waals surface area (Å²) in [6, 6.07) is 10.0. The Morgan fingerprint density at radius 2 is 1.95 bits per heavy atom. The second-order valence-corrected chi connectivity index (χ2v) is 4.80. The number of anilines is 1. The highest BCUT2D eigenvalue weighted by Gasteiger charge is 2.07. The third-order valence-corrected chi connectivity index (χ3v) is 3.04. The van der Waals surface area contributed by atoms with E-state index in [-0.39, 0.29) is 0 Å². The van der Waals surface area contributed by atoms with Gasteiger partial charge in [-0.3, -0.25) is 0 Å². The van der Waals surface area contributed by atoms with Gasteiger partial charge in [-0.05, 0) is 32.4 Å². The summed E-state index contributed by atoms with van der Waals surface area (Å²) >= 11 is 0. The summed E-state index contributed by atoms with van der Waals surface area (Å²) in [7, 11) is 0. The van der Waals surface area contributed by atoms with Crippen LogP contribution in [-0.2, 0) is 6.42 Å². The molecule has 0 aliphatic heterocycles. The fraction of sp³-hybridized carbons (Fsp3) is 0.412. The maximum Gasteiger partial charge on any atom is 0.131 e. The topological polar surface area (TPSA) is 47.0 Å². The van der Waals surface area contributed by atoms with Gasteiger partial charge < -0.3 is 10.1 Å². The van der Waals surface area contributed by atoms with Crippen LogP contribution in [0.4, 0.5) is 5.82 Å². The summed E-state index contributed by atoms with van der Waals surface area (Å²) in [5.74, 6) is 2.64. The van der Waals surface area contributed by atoms with Gasteiger partial charge in [-0.2, -0.15) is 0 Å². The van der Waals surface area contributed by atoms with E-state index >= 15 is 0 Å². The fourth-order valence-corrected chi connectivity index (χ4v) is 2.16. The molecule has 2 aromatic rings. The van der Waals surface area contributed by atoms with Crippen LogP contribution in [-0.4, -0.2) is 23.1 Å². The van der Waals surface area contributed by atoms with E-state index in [0.29, 0.717) is 6.61 Å². The summed E-state index contributed by atoms with van der Waals surface area (Å²) in [5, 5.41) is 3.27. The molecule has 4 nitrogen and oxygen atoms in total. The third kappa shape index (κ3) is 4.18. The zero-order valence-electron chi connectivity index (χ0n) is 13.0. The van der Waals surface area contributed by atoms with Crippen molar-refractivity contribution in [1.29, 1.82) is 0 Å². The largest absolute Gasteiger partial charge is 0.494 e. The average Bonchev–Trinajstić information content (AvgIpc) is 2.48. The van der Waals surface area contributed by atoms with Crippen LogP contribution in [0, 0.1) is 0 Å².